The number of hydrogen-bond acceptors (Lipinski definition) is 3. The highest BCUT2D eigenvalue weighted by atomic mass is 16.3. The maximum absolute atomic E-state index is 12.8. The van der Waals surface area contributed by atoms with Gasteiger partial charge in [-0.05, 0) is 43.6 Å². The van der Waals surface area contributed by atoms with Crippen LogP contribution >= 0.6 is 0 Å². The Hall–Kier alpha value is -2.34. The lowest BCUT2D eigenvalue weighted by Gasteiger charge is -2.35. The van der Waals surface area contributed by atoms with Gasteiger partial charge in [0.05, 0.1) is 18.3 Å². The summed E-state index contributed by atoms with van der Waals surface area (Å²) in [6.07, 6.45) is 6.16. The van der Waals surface area contributed by atoms with Crippen LogP contribution in [0.4, 0.5) is 4.79 Å². The molecule has 0 spiro atoms. The first kappa shape index (κ1) is 18.0. The first-order valence-corrected chi connectivity index (χ1v) is 9.92. The van der Waals surface area contributed by atoms with Gasteiger partial charge in [0.1, 0.15) is 0 Å². The van der Waals surface area contributed by atoms with Crippen LogP contribution in [0.5, 0.6) is 0 Å². The number of aryl methyl sites for hydroxylation is 1. The van der Waals surface area contributed by atoms with Gasteiger partial charge in [-0.3, -0.25) is 4.68 Å². The van der Waals surface area contributed by atoms with Gasteiger partial charge in [-0.1, -0.05) is 30.3 Å². The van der Waals surface area contributed by atoms with Gasteiger partial charge in [-0.15, -0.1) is 0 Å². The number of carbonyl (C=O) groups is 1. The second-order valence-corrected chi connectivity index (χ2v) is 7.74. The summed E-state index contributed by atoms with van der Waals surface area (Å²) < 4.78 is 1.92. The fraction of sp³-hybridized carbons (Fsp3) is 0.524. The zero-order valence-electron chi connectivity index (χ0n) is 15.8. The summed E-state index contributed by atoms with van der Waals surface area (Å²) in [7, 11) is 1.96. The molecule has 1 saturated heterocycles. The number of nitrogens with one attached hydrogen (secondary N) is 1. The Bertz CT molecular complexity index is 781. The van der Waals surface area contributed by atoms with Crippen molar-refractivity contribution in [2.45, 2.75) is 44.2 Å². The van der Waals surface area contributed by atoms with Crippen LogP contribution in [0.15, 0.2) is 36.5 Å². The topological polar surface area (TPSA) is 70.4 Å². The maximum Gasteiger partial charge on any atom is 0.317 e. The number of amides is 2. The van der Waals surface area contributed by atoms with E-state index in [0.717, 1.165) is 43.2 Å². The number of hydrogen-bond donors (Lipinski definition) is 2. The van der Waals surface area contributed by atoms with E-state index >= 15 is 0 Å². The number of aromatic nitrogens is 2. The summed E-state index contributed by atoms with van der Waals surface area (Å²) in [4.78, 5) is 14.6. The summed E-state index contributed by atoms with van der Waals surface area (Å²) in [5.41, 5.74) is 3.36. The molecule has 2 amide bonds. The molecule has 1 fully saturated rings. The minimum absolute atomic E-state index is 0.00403. The smallest absolute Gasteiger partial charge is 0.317 e. The number of likely N-dealkylation sites (tertiary alicyclic amines) is 1. The molecule has 6 nitrogen and oxygen atoms in total. The molecule has 2 aliphatic rings. The first-order valence-electron chi connectivity index (χ1n) is 9.92. The minimum Gasteiger partial charge on any atom is -0.388 e. The maximum atomic E-state index is 12.8. The van der Waals surface area contributed by atoms with Crippen LogP contribution in [0.3, 0.4) is 0 Å². The molecule has 0 radical (unpaired) electrons. The summed E-state index contributed by atoms with van der Waals surface area (Å²) in [6.45, 7) is 1.38. The van der Waals surface area contributed by atoms with Crippen LogP contribution in [0.2, 0.25) is 0 Å². The van der Waals surface area contributed by atoms with Crippen molar-refractivity contribution in [3.63, 3.8) is 0 Å². The largest absolute Gasteiger partial charge is 0.388 e. The highest BCUT2D eigenvalue weighted by Gasteiger charge is 2.30. The van der Waals surface area contributed by atoms with E-state index in [4.69, 9.17) is 0 Å². The van der Waals surface area contributed by atoms with Crippen molar-refractivity contribution in [1.29, 1.82) is 0 Å². The third-order valence-corrected chi connectivity index (χ3v) is 6.09. The Labute approximate surface area is 160 Å². The van der Waals surface area contributed by atoms with Crippen molar-refractivity contribution in [2.75, 3.05) is 13.1 Å². The molecule has 0 unspecified atom stereocenters. The van der Waals surface area contributed by atoms with Crippen molar-refractivity contribution < 1.29 is 9.90 Å². The molecular formula is C21H28N4O2. The van der Waals surface area contributed by atoms with E-state index in [9.17, 15) is 9.90 Å². The molecule has 1 aliphatic heterocycles. The monoisotopic (exact) mass is 368 g/mol. The summed E-state index contributed by atoms with van der Waals surface area (Å²) in [6, 6.07) is 9.88. The Balaban J connectivity index is 1.33. The number of benzene rings is 1. The number of piperidine rings is 1. The van der Waals surface area contributed by atoms with Crippen molar-refractivity contribution in [3.8, 4) is 0 Å². The molecule has 2 aromatic rings. The van der Waals surface area contributed by atoms with Crippen LogP contribution in [0.25, 0.3) is 0 Å². The molecular weight excluding hydrogens is 340 g/mol. The third kappa shape index (κ3) is 3.72. The molecule has 2 atom stereocenters. The number of aliphatic hydroxyl groups excluding tert-OH is 1. The standard InChI is InChI=1S/C21H28N4O2/c1-24-19-9-5-8-18(17(19)14-22-24)23-21(27)25-12-10-16(11-13-25)20(26)15-6-3-2-4-7-15/h2-4,6-7,14,16,18,20,26H,5,8-13H2,1H3,(H,23,27)/t18-,20-/m1/s1. The number of fused-ring (bicyclic) bond motifs is 1. The van der Waals surface area contributed by atoms with Crippen LogP contribution in [-0.2, 0) is 13.5 Å². The molecule has 6 heteroatoms. The molecule has 2 heterocycles. The number of nitrogens with zero attached hydrogens (tertiary/aromatic N) is 3. The van der Waals surface area contributed by atoms with E-state index in [0.29, 0.717) is 13.1 Å². The van der Waals surface area contributed by atoms with Gasteiger partial charge < -0.3 is 15.3 Å². The van der Waals surface area contributed by atoms with Crippen LogP contribution < -0.4 is 5.32 Å². The van der Waals surface area contributed by atoms with E-state index in [1.165, 1.54) is 5.69 Å². The summed E-state index contributed by atoms with van der Waals surface area (Å²) in [5, 5.41) is 18.2. The lowest BCUT2D eigenvalue weighted by atomic mass is 9.87. The van der Waals surface area contributed by atoms with Crippen LogP contribution in [-0.4, -0.2) is 38.9 Å². The van der Waals surface area contributed by atoms with Crippen molar-refractivity contribution in [3.05, 3.63) is 53.3 Å². The predicted molar refractivity (Wildman–Crippen MR) is 103 cm³/mol. The third-order valence-electron chi connectivity index (χ3n) is 6.09. The van der Waals surface area contributed by atoms with Gasteiger partial charge in [0.2, 0.25) is 0 Å². The quantitative estimate of drug-likeness (QED) is 0.875. The fourth-order valence-electron chi connectivity index (χ4n) is 4.44. The van der Waals surface area contributed by atoms with E-state index in [1.54, 1.807) is 0 Å². The molecule has 1 aliphatic carbocycles. The SMILES string of the molecule is Cn1ncc2c1CCC[C@H]2NC(=O)N1CCC([C@H](O)c2ccccc2)CC1. The first-order chi connectivity index (χ1) is 13.1. The molecule has 27 heavy (non-hydrogen) atoms. The molecule has 4 rings (SSSR count). The number of urea groups is 1. The van der Waals surface area contributed by atoms with Crippen molar-refractivity contribution in [2.24, 2.45) is 13.0 Å². The Kier molecular flexibility index (Phi) is 5.16. The zero-order valence-corrected chi connectivity index (χ0v) is 15.8. The van der Waals surface area contributed by atoms with E-state index in [-0.39, 0.29) is 18.0 Å². The predicted octanol–water partition coefficient (Wildman–Crippen LogP) is 2.95. The molecule has 2 N–H and O–H groups in total. The molecule has 144 valence electrons. The van der Waals surface area contributed by atoms with Crippen LogP contribution in [0.1, 0.15) is 54.6 Å². The second-order valence-electron chi connectivity index (χ2n) is 7.74. The van der Waals surface area contributed by atoms with Gasteiger partial charge in [0, 0.05) is 31.4 Å². The normalized spacial score (nSPS) is 21.6. The highest BCUT2D eigenvalue weighted by Crippen LogP contribution is 2.32. The Morgan fingerprint density at radius 2 is 1.96 bits per heavy atom. The average Bonchev–Trinajstić information content (AvgIpc) is 3.10. The summed E-state index contributed by atoms with van der Waals surface area (Å²) >= 11 is 0. The zero-order chi connectivity index (χ0) is 18.8. The van der Waals surface area contributed by atoms with Gasteiger partial charge >= 0.3 is 6.03 Å². The Morgan fingerprint density at radius 3 is 2.70 bits per heavy atom. The fourth-order valence-corrected chi connectivity index (χ4v) is 4.44. The van der Waals surface area contributed by atoms with E-state index in [2.05, 4.69) is 10.4 Å². The number of carbonyl (C=O) groups excluding carboxylic acids is 1. The number of rotatable bonds is 3. The molecule has 1 aromatic carbocycles. The molecule has 1 aromatic heterocycles. The summed E-state index contributed by atoms with van der Waals surface area (Å²) in [5.74, 6) is 0.205. The lowest BCUT2D eigenvalue weighted by molar-refractivity contribution is 0.0660. The second kappa shape index (κ2) is 7.72. The van der Waals surface area contributed by atoms with E-state index in [1.807, 2.05) is 53.2 Å². The van der Waals surface area contributed by atoms with Crippen molar-refractivity contribution in [1.82, 2.24) is 20.0 Å². The van der Waals surface area contributed by atoms with Gasteiger partial charge in [0.25, 0.3) is 0 Å². The van der Waals surface area contributed by atoms with E-state index < -0.39 is 6.10 Å². The van der Waals surface area contributed by atoms with Gasteiger partial charge in [-0.2, -0.15) is 5.10 Å². The number of aliphatic hydroxyl groups is 1. The Morgan fingerprint density at radius 1 is 1.22 bits per heavy atom. The van der Waals surface area contributed by atoms with Crippen molar-refractivity contribution >= 4 is 6.03 Å². The molecule has 0 bridgehead atoms. The minimum atomic E-state index is -0.451. The highest BCUT2D eigenvalue weighted by molar-refractivity contribution is 5.75. The molecule has 0 saturated carbocycles. The van der Waals surface area contributed by atoms with Gasteiger partial charge in [0.15, 0.2) is 0 Å². The van der Waals surface area contributed by atoms with Crippen LogP contribution in [0, 0.1) is 5.92 Å². The average molecular weight is 368 g/mol. The lowest BCUT2D eigenvalue weighted by Crippen LogP contribution is -2.46. The van der Waals surface area contributed by atoms with Gasteiger partial charge in [-0.25, -0.2) is 4.79 Å².